The Morgan fingerprint density at radius 1 is 1.13 bits per heavy atom. The molecule has 1 fully saturated rings. The monoisotopic (exact) mass is 423 g/mol. The van der Waals surface area contributed by atoms with Gasteiger partial charge < -0.3 is 15.3 Å². The molecular formula is C22H22ClN5O2. The molecule has 0 amide bonds. The number of nitrogens with zero attached hydrogens (tertiary/aromatic N) is 4. The summed E-state index contributed by atoms with van der Waals surface area (Å²) in [5.41, 5.74) is 7.49. The van der Waals surface area contributed by atoms with Crippen molar-refractivity contribution in [3.8, 4) is 23.3 Å². The molecule has 7 nitrogen and oxygen atoms in total. The van der Waals surface area contributed by atoms with Crippen LogP contribution in [0.5, 0.6) is 0 Å². The molecule has 8 heteroatoms. The van der Waals surface area contributed by atoms with Crippen LogP contribution in [0, 0.1) is 11.8 Å². The molecule has 0 radical (unpaired) electrons. The molecule has 0 unspecified atom stereocenters. The topological polar surface area (TPSA) is 103 Å². The van der Waals surface area contributed by atoms with Gasteiger partial charge in [-0.1, -0.05) is 30.5 Å². The molecule has 1 aliphatic rings. The first-order chi connectivity index (χ1) is 14.0. The van der Waals surface area contributed by atoms with Gasteiger partial charge in [0.25, 0.3) is 0 Å². The lowest BCUT2D eigenvalue weighted by Crippen LogP contribution is -2.29. The standard InChI is InChI=1S/C22H21N5O2.ClH/c1-27-20-19(26-21(27)23)18(16-13-14-7-3-4-8-15(14)29-16)24-17(25-20)9-12-22(28)10-5-2-6-11-22;/h3-4,7-8,13,28H,2,5-6,10-11H2,1H3,(H2,23,26);1H. The molecule has 30 heavy (non-hydrogen) atoms. The number of para-hydroxylation sites is 1. The molecule has 5 rings (SSSR count). The van der Waals surface area contributed by atoms with Crippen LogP contribution >= 0.6 is 12.4 Å². The summed E-state index contributed by atoms with van der Waals surface area (Å²) in [6, 6.07) is 9.69. The fourth-order valence-corrected chi connectivity index (χ4v) is 3.84. The Kier molecular flexibility index (Phi) is 5.14. The van der Waals surface area contributed by atoms with E-state index in [9.17, 15) is 5.11 Å². The van der Waals surface area contributed by atoms with Crippen molar-refractivity contribution in [3.05, 3.63) is 36.2 Å². The maximum absolute atomic E-state index is 10.7. The van der Waals surface area contributed by atoms with Gasteiger partial charge in [-0.25, -0.2) is 15.0 Å². The maximum atomic E-state index is 10.7. The van der Waals surface area contributed by atoms with Crippen LogP contribution in [-0.2, 0) is 7.05 Å². The highest BCUT2D eigenvalue weighted by molar-refractivity contribution is 5.91. The number of aliphatic hydroxyl groups is 1. The second-order valence-electron chi connectivity index (χ2n) is 7.59. The van der Waals surface area contributed by atoms with E-state index in [0.29, 0.717) is 47.2 Å². The lowest BCUT2D eigenvalue weighted by atomic mass is 9.85. The van der Waals surface area contributed by atoms with Crippen LogP contribution in [0.4, 0.5) is 5.95 Å². The largest absolute Gasteiger partial charge is 0.454 e. The quantitative estimate of drug-likeness (QED) is 0.451. The number of imidazole rings is 1. The summed E-state index contributed by atoms with van der Waals surface area (Å²) >= 11 is 0. The predicted octanol–water partition coefficient (Wildman–Crippen LogP) is 3.83. The Labute approximate surface area is 179 Å². The lowest BCUT2D eigenvalue weighted by Gasteiger charge is -2.26. The minimum Gasteiger partial charge on any atom is -0.454 e. The number of aromatic nitrogens is 4. The molecule has 154 valence electrons. The first kappa shape index (κ1) is 20.2. The lowest BCUT2D eigenvalue weighted by molar-refractivity contribution is 0.0610. The third-order valence-corrected chi connectivity index (χ3v) is 5.50. The number of halogens is 1. The van der Waals surface area contributed by atoms with E-state index >= 15 is 0 Å². The number of nitrogen functional groups attached to an aromatic ring is 1. The molecule has 3 N–H and O–H groups in total. The van der Waals surface area contributed by atoms with E-state index in [2.05, 4.69) is 26.8 Å². The summed E-state index contributed by atoms with van der Waals surface area (Å²) in [5, 5.41) is 11.7. The highest BCUT2D eigenvalue weighted by Crippen LogP contribution is 2.31. The Balaban J connectivity index is 0.00000218. The third-order valence-electron chi connectivity index (χ3n) is 5.50. The van der Waals surface area contributed by atoms with Gasteiger partial charge in [0.15, 0.2) is 11.4 Å². The van der Waals surface area contributed by atoms with E-state index in [1.165, 1.54) is 0 Å². The SMILES string of the molecule is Cl.Cn1c(N)nc2c(-c3cc4ccccc4o3)nc(C#CC3(O)CCCCC3)nc21. The van der Waals surface area contributed by atoms with Gasteiger partial charge in [-0.3, -0.25) is 4.57 Å². The highest BCUT2D eigenvalue weighted by atomic mass is 35.5. The Bertz CT molecular complexity index is 1260. The molecular weight excluding hydrogens is 402 g/mol. The molecule has 4 aromatic rings. The van der Waals surface area contributed by atoms with Gasteiger partial charge in [0.05, 0.1) is 0 Å². The Morgan fingerprint density at radius 2 is 1.90 bits per heavy atom. The summed E-state index contributed by atoms with van der Waals surface area (Å²) in [7, 11) is 1.80. The van der Waals surface area contributed by atoms with Crippen LogP contribution in [0.15, 0.2) is 34.7 Å². The molecule has 0 atom stereocenters. The normalized spacial score (nSPS) is 15.5. The van der Waals surface area contributed by atoms with Gasteiger partial charge in [0.1, 0.15) is 22.4 Å². The summed E-state index contributed by atoms with van der Waals surface area (Å²) in [6.07, 6.45) is 4.45. The number of benzene rings is 1. The minimum atomic E-state index is -0.971. The van der Waals surface area contributed by atoms with Crippen molar-refractivity contribution >= 4 is 40.5 Å². The van der Waals surface area contributed by atoms with Crippen LogP contribution < -0.4 is 5.73 Å². The molecule has 0 bridgehead atoms. The van der Waals surface area contributed by atoms with Crippen molar-refractivity contribution in [2.24, 2.45) is 7.05 Å². The average Bonchev–Trinajstić information content (AvgIpc) is 3.28. The van der Waals surface area contributed by atoms with Crippen molar-refractivity contribution in [1.29, 1.82) is 0 Å². The Hall–Kier alpha value is -3.08. The van der Waals surface area contributed by atoms with E-state index < -0.39 is 5.60 Å². The molecule has 0 spiro atoms. The third kappa shape index (κ3) is 3.49. The summed E-state index contributed by atoms with van der Waals surface area (Å²) in [6.45, 7) is 0. The molecule has 3 aromatic heterocycles. The van der Waals surface area contributed by atoms with Gasteiger partial charge in [-0.2, -0.15) is 0 Å². The van der Waals surface area contributed by atoms with E-state index in [0.717, 1.165) is 30.2 Å². The molecule has 3 heterocycles. The molecule has 1 aromatic carbocycles. The van der Waals surface area contributed by atoms with Crippen LogP contribution in [0.1, 0.15) is 37.9 Å². The smallest absolute Gasteiger partial charge is 0.207 e. The average molecular weight is 424 g/mol. The van der Waals surface area contributed by atoms with Crippen molar-refractivity contribution in [1.82, 2.24) is 19.5 Å². The zero-order chi connectivity index (χ0) is 20.0. The summed E-state index contributed by atoms with van der Waals surface area (Å²) in [5.74, 6) is 7.21. The number of furan rings is 1. The first-order valence-electron chi connectivity index (χ1n) is 9.77. The van der Waals surface area contributed by atoms with Gasteiger partial charge in [0.2, 0.25) is 11.8 Å². The van der Waals surface area contributed by atoms with E-state index in [4.69, 9.17) is 10.2 Å². The number of hydrogen-bond donors (Lipinski definition) is 2. The second-order valence-corrected chi connectivity index (χ2v) is 7.59. The number of rotatable bonds is 1. The predicted molar refractivity (Wildman–Crippen MR) is 118 cm³/mol. The van der Waals surface area contributed by atoms with E-state index in [1.54, 1.807) is 11.6 Å². The zero-order valence-electron chi connectivity index (χ0n) is 16.6. The number of nitrogens with two attached hydrogens (primary N) is 1. The molecule has 1 aliphatic carbocycles. The number of hydrogen-bond acceptors (Lipinski definition) is 6. The fourth-order valence-electron chi connectivity index (χ4n) is 3.84. The number of aryl methyl sites for hydroxylation is 1. The van der Waals surface area contributed by atoms with Crippen molar-refractivity contribution in [2.45, 2.75) is 37.7 Å². The van der Waals surface area contributed by atoms with Crippen LogP contribution in [0.25, 0.3) is 33.6 Å². The van der Waals surface area contributed by atoms with E-state index in [-0.39, 0.29) is 12.4 Å². The summed E-state index contributed by atoms with van der Waals surface area (Å²) < 4.78 is 7.70. The minimum absolute atomic E-state index is 0. The summed E-state index contributed by atoms with van der Waals surface area (Å²) in [4.78, 5) is 13.6. The van der Waals surface area contributed by atoms with Crippen LogP contribution in [0.3, 0.4) is 0 Å². The first-order valence-corrected chi connectivity index (χ1v) is 9.77. The molecule has 1 saturated carbocycles. The van der Waals surface area contributed by atoms with Gasteiger partial charge in [-0.15, -0.1) is 12.4 Å². The van der Waals surface area contributed by atoms with Gasteiger partial charge >= 0.3 is 0 Å². The van der Waals surface area contributed by atoms with Gasteiger partial charge in [-0.05, 0) is 43.7 Å². The zero-order valence-corrected chi connectivity index (χ0v) is 17.4. The Morgan fingerprint density at radius 3 is 2.67 bits per heavy atom. The molecule has 0 saturated heterocycles. The van der Waals surface area contributed by atoms with Crippen LogP contribution in [-0.4, -0.2) is 30.2 Å². The fraction of sp³-hybridized carbons (Fsp3) is 0.318. The van der Waals surface area contributed by atoms with Crippen LogP contribution in [0.2, 0.25) is 0 Å². The van der Waals surface area contributed by atoms with E-state index in [1.807, 2.05) is 30.3 Å². The van der Waals surface area contributed by atoms with Crippen molar-refractivity contribution in [2.75, 3.05) is 5.73 Å². The number of anilines is 1. The maximum Gasteiger partial charge on any atom is 0.207 e. The molecule has 0 aliphatic heterocycles. The van der Waals surface area contributed by atoms with Crippen molar-refractivity contribution < 1.29 is 9.52 Å². The highest BCUT2D eigenvalue weighted by Gasteiger charge is 2.27. The van der Waals surface area contributed by atoms with Crippen molar-refractivity contribution in [3.63, 3.8) is 0 Å². The second kappa shape index (κ2) is 7.63. The number of fused-ring (bicyclic) bond motifs is 2. The van der Waals surface area contributed by atoms with Gasteiger partial charge in [0, 0.05) is 12.4 Å².